The molecule has 3 nitrogen and oxygen atoms in total. The third-order valence-electron chi connectivity index (χ3n) is 3.44. The quantitative estimate of drug-likeness (QED) is 0.915. The first-order valence-electron chi connectivity index (χ1n) is 6.77. The molecule has 0 spiro atoms. The third kappa shape index (κ3) is 3.53. The molecule has 0 bridgehead atoms. The van der Waals surface area contributed by atoms with E-state index in [0.717, 1.165) is 26.1 Å². The first-order chi connectivity index (χ1) is 8.49. The molecule has 1 fully saturated rings. The molecule has 1 aliphatic rings. The molecule has 102 valence electrons. The van der Waals surface area contributed by atoms with E-state index in [1.165, 1.54) is 17.1 Å². The van der Waals surface area contributed by atoms with E-state index in [9.17, 15) is 5.11 Å². The molecule has 1 aromatic rings. The van der Waals surface area contributed by atoms with Crippen LogP contribution in [0.25, 0.3) is 0 Å². The van der Waals surface area contributed by atoms with Crippen LogP contribution < -0.4 is 0 Å². The topological polar surface area (TPSA) is 36.4 Å². The maximum atomic E-state index is 9.25. The summed E-state index contributed by atoms with van der Waals surface area (Å²) >= 11 is 1.76. The Balaban J connectivity index is 1.95. The molecule has 1 atom stereocenters. The number of piperidine rings is 1. The van der Waals surface area contributed by atoms with Gasteiger partial charge in [-0.1, -0.05) is 20.8 Å². The summed E-state index contributed by atoms with van der Waals surface area (Å²) in [5.74, 6) is 0.458. The normalized spacial score (nSPS) is 22.3. The summed E-state index contributed by atoms with van der Waals surface area (Å²) in [5, 5.41) is 12.6. The maximum absolute atomic E-state index is 9.25. The van der Waals surface area contributed by atoms with Crippen molar-refractivity contribution >= 4 is 11.3 Å². The highest BCUT2D eigenvalue weighted by Gasteiger charge is 2.22. The second-order valence-corrected chi connectivity index (χ2v) is 7.18. The lowest BCUT2D eigenvalue weighted by atomic mass is 9.98. The van der Waals surface area contributed by atoms with Crippen LogP contribution in [-0.4, -0.2) is 34.7 Å². The van der Waals surface area contributed by atoms with Crippen molar-refractivity contribution in [2.24, 2.45) is 5.92 Å². The molecule has 0 saturated carbocycles. The number of aliphatic hydroxyl groups excluding tert-OH is 1. The minimum absolute atomic E-state index is 0.151. The Morgan fingerprint density at radius 1 is 1.50 bits per heavy atom. The Bertz CT molecular complexity index is 383. The molecular weight excluding hydrogens is 244 g/mol. The number of aliphatic hydroxyl groups is 1. The van der Waals surface area contributed by atoms with Gasteiger partial charge in [0.2, 0.25) is 0 Å². The summed E-state index contributed by atoms with van der Waals surface area (Å²) in [6.45, 7) is 10.0. The molecule has 2 rings (SSSR count). The lowest BCUT2D eigenvalue weighted by Gasteiger charge is -2.31. The summed E-state index contributed by atoms with van der Waals surface area (Å²) in [4.78, 5) is 7.16. The van der Waals surface area contributed by atoms with Gasteiger partial charge in [0.1, 0.15) is 0 Å². The van der Waals surface area contributed by atoms with Crippen LogP contribution in [0.15, 0.2) is 5.38 Å². The van der Waals surface area contributed by atoms with Gasteiger partial charge in [0, 0.05) is 30.5 Å². The van der Waals surface area contributed by atoms with Gasteiger partial charge >= 0.3 is 0 Å². The second-order valence-electron chi connectivity index (χ2n) is 6.32. The van der Waals surface area contributed by atoms with Crippen LogP contribution >= 0.6 is 11.3 Å². The van der Waals surface area contributed by atoms with Crippen LogP contribution in [0.4, 0.5) is 0 Å². The average Bonchev–Trinajstić information content (AvgIpc) is 2.77. The maximum Gasteiger partial charge on any atom is 0.0982 e. The predicted octanol–water partition coefficient (Wildman–Crippen LogP) is 2.64. The molecule has 2 heterocycles. The van der Waals surface area contributed by atoms with E-state index in [1.807, 2.05) is 0 Å². The van der Waals surface area contributed by atoms with E-state index in [-0.39, 0.29) is 5.41 Å². The van der Waals surface area contributed by atoms with E-state index < -0.39 is 0 Å². The number of hydrogen-bond donors (Lipinski definition) is 1. The zero-order valence-electron chi connectivity index (χ0n) is 11.6. The van der Waals surface area contributed by atoms with Gasteiger partial charge in [0.15, 0.2) is 0 Å². The van der Waals surface area contributed by atoms with Gasteiger partial charge in [-0.15, -0.1) is 11.3 Å². The van der Waals surface area contributed by atoms with Crippen LogP contribution in [0.2, 0.25) is 0 Å². The summed E-state index contributed by atoms with van der Waals surface area (Å²) < 4.78 is 0. The Labute approximate surface area is 114 Å². The second kappa shape index (κ2) is 5.68. The van der Waals surface area contributed by atoms with Gasteiger partial charge < -0.3 is 5.11 Å². The lowest BCUT2D eigenvalue weighted by molar-refractivity contribution is 0.115. The zero-order chi connectivity index (χ0) is 13.2. The molecule has 18 heavy (non-hydrogen) atoms. The van der Waals surface area contributed by atoms with Crippen molar-refractivity contribution in [3.8, 4) is 0 Å². The molecule has 0 radical (unpaired) electrons. The van der Waals surface area contributed by atoms with Crippen molar-refractivity contribution in [1.29, 1.82) is 0 Å². The minimum Gasteiger partial charge on any atom is -0.396 e. The Morgan fingerprint density at radius 2 is 2.28 bits per heavy atom. The largest absolute Gasteiger partial charge is 0.396 e. The Kier molecular flexibility index (Phi) is 4.41. The zero-order valence-corrected chi connectivity index (χ0v) is 12.5. The fraction of sp³-hybridized carbons (Fsp3) is 0.786. The molecular formula is C14H24N2OS. The molecule has 1 aromatic heterocycles. The van der Waals surface area contributed by atoms with Crippen molar-refractivity contribution in [3.63, 3.8) is 0 Å². The lowest BCUT2D eigenvalue weighted by Crippen LogP contribution is -2.36. The highest BCUT2D eigenvalue weighted by atomic mass is 32.1. The molecule has 4 heteroatoms. The molecule has 0 amide bonds. The third-order valence-corrected chi connectivity index (χ3v) is 4.76. The van der Waals surface area contributed by atoms with E-state index >= 15 is 0 Å². The molecule has 1 aliphatic heterocycles. The van der Waals surface area contributed by atoms with Crippen molar-refractivity contribution in [3.05, 3.63) is 16.1 Å². The number of hydrogen-bond acceptors (Lipinski definition) is 4. The molecule has 0 aliphatic carbocycles. The summed E-state index contributed by atoms with van der Waals surface area (Å²) in [5.41, 5.74) is 1.34. The molecule has 1 unspecified atom stereocenters. The standard InChI is InChI=1S/C14H24N2OS/c1-14(2,3)13-15-12(10-18-13)8-16-6-4-5-11(7-16)9-17/h10-11,17H,4-9H2,1-3H3. The van der Waals surface area contributed by atoms with Crippen LogP contribution in [0.5, 0.6) is 0 Å². The number of rotatable bonds is 3. The van der Waals surface area contributed by atoms with Crippen LogP contribution in [0.1, 0.15) is 44.3 Å². The van der Waals surface area contributed by atoms with Crippen LogP contribution in [0, 0.1) is 5.92 Å². The average molecular weight is 268 g/mol. The van der Waals surface area contributed by atoms with Crippen molar-refractivity contribution in [1.82, 2.24) is 9.88 Å². The van der Waals surface area contributed by atoms with Crippen LogP contribution in [0.3, 0.4) is 0 Å². The highest BCUT2D eigenvalue weighted by molar-refractivity contribution is 7.09. The van der Waals surface area contributed by atoms with Gasteiger partial charge in [-0.2, -0.15) is 0 Å². The smallest absolute Gasteiger partial charge is 0.0982 e. The van der Waals surface area contributed by atoms with Gasteiger partial charge in [-0.3, -0.25) is 4.90 Å². The first kappa shape index (κ1) is 14.0. The predicted molar refractivity (Wildman–Crippen MR) is 75.9 cm³/mol. The van der Waals surface area contributed by atoms with Gasteiger partial charge in [-0.05, 0) is 25.3 Å². The molecule has 1 saturated heterocycles. The van der Waals surface area contributed by atoms with Crippen molar-refractivity contribution in [2.45, 2.75) is 45.6 Å². The Hall–Kier alpha value is -0.450. The first-order valence-corrected chi connectivity index (χ1v) is 7.65. The number of thiazole rings is 1. The number of nitrogens with zero attached hydrogens (tertiary/aromatic N) is 2. The fourth-order valence-corrected chi connectivity index (χ4v) is 3.30. The monoisotopic (exact) mass is 268 g/mol. The molecule has 0 aromatic carbocycles. The minimum atomic E-state index is 0.151. The van der Waals surface area contributed by atoms with E-state index in [1.54, 1.807) is 11.3 Å². The SMILES string of the molecule is CC(C)(C)c1nc(CN2CCCC(CO)C2)cs1. The Morgan fingerprint density at radius 3 is 2.89 bits per heavy atom. The highest BCUT2D eigenvalue weighted by Crippen LogP contribution is 2.26. The summed E-state index contributed by atoms with van der Waals surface area (Å²) in [7, 11) is 0. The van der Waals surface area contributed by atoms with E-state index in [4.69, 9.17) is 4.98 Å². The fourth-order valence-electron chi connectivity index (χ4n) is 2.40. The number of likely N-dealkylation sites (tertiary alicyclic amines) is 1. The molecule has 1 N–H and O–H groups in total. The van der Waals surface area contributed by atoms with E-state index in [0.29, 0.717) is 12.5 Å². The number of aromatic nitrogens is 1. The summed E-state index contributed by atoms with van der Waals surface area (Å²) in [6.07, 6.45) is 2.36. The van der Waals surface area contributed by atoms with Gasteiger partial charge in [0.25, 0.3) is 0 Å². The summed E-state index contributed by atoms with van der Waals surface area (Å²) in [6, 6.07) is 0. The van der Waals surface area contributed by atoms with Gasteiger partial charge in [0.05, 0.1) is 10.7 Å². The van der Waals surface area contributed by atoms with E-state index in [2.05, 4.69) is 31.1 Å². The van der Waals surface area contributed by atoms with Gasteiger partial charge in [-0.25, -0.2) is 4.98 Å². The van der Waals surface area contributed by atoms with Crippen LogP contribution in [-0.2, 0) is 12.0 Å². The van der Waals surface area contributed by atoms with Crippen molar-refractivity contribution < 1.29 is 5.11 Å². The van der Waals surface area contributed by atoms with Crippen molar-refractivity contribution in [2.75, 3.05) is 19.7 Å².